The molecule has 1 radical (unpaired) electrons. The van der Waals surface area contributed by atoms with Crippen LogP contribution in [0.3, 0.4) is 0 Å². The molecule has 5 heteroatoms. The lowest BCUT2D eigenvalue weighted by atomic mass is 10.2. The summed E-state index contributed by atoms with van der Waals surface area (Å²) in [6.45, 7) is 0. The van der Waals surface area contributed by atoms with Gasteiger partial charge in [-0.2, -0.15) is 0 Å². The van der Waals surface area contributed by atoms with Crippen LogP contribution in [-0.2, 0) is 4.79 Å². The zero-order valence-corrected chi connectivity index (χ0v) is 8.98. The molecule has 0 saturated carbocycles. The van der Waals surface area contributed by atoms with E-state index in [9.17, 15) is 9.59 Å². The maximum Gasteiger partial charge on any atom is 0.290 e. The third kappa shape index (κ3) is 2.40. The average molecular weight is 239 g/mol. The van der Waals surface area contributed by atoms with Crippen LogP contribution in [0.15, 0.2) is 23.1 Å². The van der Waals surface area contributed by atoms with Crippen LogP contribution in [0.2, 0.25) is 5.02 Å². The first-order valence-electron chi connectivity index (χ1n) is 4.07. The number of hydrogen-bond acceptors (Lipinski definition) is 3. The molecule has 75 valence electrons. The number of thioether (sulfide) groups is 1. The molecule has 1 N–H and O–H groups in total. The van der Waals surface area contributed by atoms with E-state index in [0.717, 1.165) is 17.3 Å². The monoisotopic (exact) mass is 238 g/mol. The lowest BCUT2D eigenvalue weighted by Gasteiger charge is -1.94. The summed E-state index contributed by atoms with van der Waals surface area (Å²) in [7, 11) is 0. The number of nitrogens with one attached hydrogen (secondary N) is 1. The highest BCUT2D eigenvalue weighted by Crippen LogP contribution is 2.25. The van der Waals surface area contributed by atoms with Gasteiger partial charge >= 0.3 is 0 Å². The number of rotatable bonds is 1. The zero-order valence-electron chi connectivity index (χ0n) is 7.41. The van der Waals surface area contributed by atoms with Crippen LogP contribution in [0.5, 0.6) is 0 Å². The SMILES string of the molecule is O=C1NC(=O)C(=Cc2cc[c]c(Cl)c2)S1. The van der Waals surface area contributed by atoms with E-state index in [1.807, 2.05) is 0 Å². The molecular formula is C10H5ClNO2S. The van der Waals surface area contributed by atoms with Crippen LogP contribution in [0.4, 0.5) is 4.79 Å². The van der Waals surface area contributed by atoms with E-state index in [4.69, 9.17) is 11.6 Å². The molecule has 1 aromatic rings. The number of hydrogen-bond donors (Lipinski definition) is 1. The topological polar surface area (TPSA) is 46.2 Å². The van der Waals surface area contributed by atoms with Gasteiger partial charge in [0.1, 0.15) is 0 Å². The molecule has 1 aliphatic heterocycles. The Balaban J connectivity index is 2.31. The fourth-order valence-electron chi connectivity index (χ4n) is 1.12. The summed E-state index contributed by atoms with van der Waals surface area (Å²) in [5.74, 6) is -0.367. The van der Waals surface area contributed by atoms with Crippen molar-refractivity contribution >= 4 is 40.6 Å². The lowest BCUT2D eigenvalue weighted by molar-refractivity contribution is -0.115. The summed E-state index contributed by atoms with van der Waals surface area (Å²) >= 11 is 6.62. The highest BCUT2D eigenvalue weighted by atomic mass is 35.5. The normalized spacial score (nSPS) is 18.3. The number of benzene rings is 1. The summed E-state index contributed by atoms with van der Waals surface area (Å²) in [5, 5.41) is 2.30. The van der Waals surface area contributed by atoms with Crippen molar-refractivity contribution in [2.24, 2.45) is 0 Å². The molecule has 1 saturated heterocycles. The minimum Gasteiger partial charge on any atom is -0.282 e. The molecule has 15 heavy (non-hydrogen) atoms. The maximum absolute atomic E-state index is 11.2. The van der Waals surface area contributed by atoms with Gasteiger partial charge in [0.2, 0.25) is 0 Å². The fourth-order valence-corrected chi connectivity index (χ4v) is 1.99. The molecule has 0 atom stereocenters. The molecule has 0 unspecified atom stereocenters. The molecule has 1 fully saturated rings. The number of carbonyl (C=O) groups excluding carboxylic acids is 2. The molecule has 2 amide bonds. The van der Waals surface area contributed by atoms with Gasteiger partial charge in [-0.25, -0.2) is 0 Å². The molecule has 0 aromatic heterocycles. The van der Waals surface area contributed by atoms with Gasteiger partial charge in [0.05, 0.1) is 4.91 Å². The van der Waals surface area contributed by atoms with Crippen molar-refractivity contribution in [2.75, 3.05) is 0 Å². The first kappa shape index (κ1) is 10.3. The van der Waals surface area contributed by atoms with Crippen molar-refractivity contribution in [3.05, 3.63) is 39.8 Å². The minimum atomic E-state index is -0.367. The molecule has 1 heterocycles. The van der Waals surface area contributed by atoms with Crippen molar-refractivity contribution in [2.45, 2.75) is 0 Å². The number of halogens is 1. The highest BCUT2D eigenvalue weighted by Gasteiger charge is 2.24. The van der Waals surface area contributed by atoms with Gasteiger partial charge in [-0.05, 0) is 29.5 Å². The Labute approximate surface area is 95.5 Å². The predicted octanol–water partition coefficient (Wildman–Crippen LogP) is 2.46. The van der Waals surface area contributed by atoms with Gasteiger partial charge in [0, 0.05) is 11.1 Å². The van der Waals surface area contributed by atoms with Crippen LogP contribution < -0.4 is 5.32 Å². The number of amides is 2. The third-order valence-electron chi connectivity index (χ3n) is 1.73. The van der Waals surface area contributed by atoms with Crippen molar-refractivity contribution in [1.82, 2.24) is 5.32 Å². The summed E-state index contributed by atoms with van der Waals surface area (Å²) in [6.07, 6.45) is 1.62. The van der Waals surface area contributed by atoms with Crippen molar-refractivity contribution in [1.29, 1.82) is 0 Å². The zero-order chi connectivity index (χ0) is 10.8. The second kappa shape index (κ2) is 4.08. The van der Waals surface area contributed by atoms with Crippen LogP contribution in [-0.4, -0.2) is 11.1 Å². The van der Waals surface area contributed by atoms with Crippen molar-refractivity contribution < 1.29 is 9.59 Å². The Kier molecular flexibility index (Phi) is 2.79. The first-order valence-corrected chi connectivity index (χ1v) is 5.27. The standard InChI is InChI=1S/C10H5ClNO2S/c11-7-3-1-2-6(4-7)5-8-9(13)12-10(14)15-8/h1-2,4-5H,(H,12,13,14). The lowest BCUT2D eigenvalue weighted by Crippen LogP contribution is -2.17. The van der Waals surface area contributed by atoms with Crippen LogP contribution in [0.25, 0.3) is 6.08 Å². The quantitative estimate of drug-likeness (QED) is 0.765. The van der Waals surface area contributed by atoms with Crippen LogP contribution >= 0.6 is 23.4 Å². The van der Waals surface area contributed by atoms with Gasteiger partial charge in [0.15, 0.2) is 0 Å². The molecule has 1 aliphatic rings. The van der Waals surface area contributed by atoms with Crippen LogP contribution in [0, 0.1) is 6.07 Å². The largest absolute Gasteiger partial charge is 0.290 e. The maximum atomic E-state index is 11.2. The van der Waals surface area contributed by atoms with E-state index in [1.165, 1.54) is 0 Å². The molecular weight excluding hydrogens is 234 g/mol. The Morgan fingerprint density at radius 3 is 2.87 bits per heavy atom. The Bertz CT molecular complexity index is 470. The highest BCUT2D eigenvalue weighted by molar-refractivity contribution is 8.18. The third-order valence-corrected chi connectivity index (χ3v) is 2.76. The van der Waals surface area contributed by atoms with Gasteiger partial charge in [-0.1, -0.05) is 23.7 Å². The molecule has 0 spiro atoms. The van der Waals surface area contributed by atoms with E-state index >= 15 is 0 Å². The molecule has 1 aromatic carbocycles. The second-order valence-electron chi connectivity index (χ2n) is 2.82. The first-order chi connectivity index (χ1) is 7.15. The minimum absolute atomic E-state index is 0.347. The summed E-state index contributed by atoms with van der Waals surface area (Å²) in [5.41, 5.74) is 0.770. The Hall–Kier alpha value is -1.26. The van der Waals surface area contributed by atoms with E-state index < -0.39 is 0 Å². The summed E-state index contributed by atoms with van der Waals surface area (Å²) in [4.78, 5) is 22.5. The second-order valence-corrected chi connectivity index (χ2v) is 4.24. The van der Waals surface area contributed by atoms with Gasteiger partial charge in [0.25, 0.3) is 11.1 Å². The van der Waals surface area contributed by atoms with Gasteiger partial charge < -0.3 is 0 Å². The number of carbonyl (C=O) groups is 2. The van der Waals surface area contributed by atoms with Crippen molar-refractivity contribution in [3.8, 4) is 0 Å². The summed E-state index contributed by atoms with van der Waals surface area (Å²) in [6, 6.07) is 7.87. The summed E-state index contributed by atoms with van der Waals surface area (Å²) < 4.78 is 0. The fraction of sp³-hybridized carbons (Fsp3) is 0. The number of imide groups is 1. The Morgan fingerprint density at radius 1 is 1.47 bits per heavy atom. The van der Waals surface area contributed by atoms with E-state index in [-0.39, 0.29) is 11.1 Å². The van der Waals surface area contributed by atoms with Crippen LogP contribution in [0.1, 0.15) is 5.56 Å². The molecule has 0 bridgehead atoms. The smallest absolute Gasteiger partial charge is 0.282 e. The van der Waals surface area contributed by atoms with Gasteiger partial charge in [-0.3, -0.25) is 14.9 Å². The molecule has 0 aliphatic carbocycles. The predicted molar refractivity (Wildman–Crippen MR) is 59.4 cm³/mol. The molecule has 2 rings (SSSR count). The van der Waals surface area contributed by atoms with Crippen molar-refractivity contribution in [3.63, 3.8) is 0 Å². The molecule has 3 nitrogen and oxygen atoms in total. The van der Waals surface area contributed by atoms with E-state index in [2.05, 4.69) is 11.4 Å². The van der Waals surface area contributed by atoms with E-state index in [1.54, 1.807) is 24.3 Å². The van der Waals surface area contributed by atoms with Gasteiger partial charge in [-0.15, -0.1) is 0 Å². The average Bonchev–Trinajstić information content (AvgIpc) is 2.45. The van der Waals surface area contributed by atoms with E-state index in [0.29, 0.717) is 9.93 Å². The Morgan fingerprint density at radius 2 is 2.27 bits per heavy atom.